The molecule has 0 saturated carbocycles. The largest absolute Gasteiger partial charge is 0.337 e. The fourth-order valence-electron chi connectivity index (χ4n) is 9.56. The maximum absolute atomic E-state index is 2.67. The highest BCUT2D eigenvalue weighted by Crippen LogP contribution is 2.51. The monoisotopic (exact) mass is 658 g/mol. The Bertz CT molecular complexity index is 2440. The number of benzene rings is 5. The number of allylic oxidation sites excluding steroid dienone is 8. The predicted octanol–water partition coefficient (Wildman–Crippen LogP) is 12.4. The Morgan fingerprint density at radius 1 is 0.667 bits per heavy atom. The molecule has 3 aliphatic carbocycles. The topological polar surface area (TPSA) is 8.17 Å². The van der Waals surface area contributed by atoms with Crippen molar-refractivity contribution in [3.8, 4) is 0 Å². The Kier molecular flexibility index (Phi) is 7.30. The van der Waals surface area contributed by atoms with Crippen LogP contribution in [0.1, 0.15) is 66.3 Å². The zero-order valence-corrected chi connectivity index (χ0v) is 29.1. The fourth-order valence-corrected chi connectivity index (χ4v) is 9.56. The maximum Gasteiger partial charge on any atom is 0.0626 e. The Labute approximate surface area is 301 Å². The highest BCUT2D eigenvalue weighted by molar-refractivity contribution is 6.09. The molecule has 51 heavy (non-hydrogen) atoms. The molecule has 0 spiro atoms. The van der Waals surface area contributed by atoms with E-state index >= 15 is 0 Å². The number of nitrogens with zero attached hydrogens (tertiary/aromatic N) is 2. The van der Waals surface area contributed by atoms with Crippen molar-refractivity contribution in [1.82, 2.24) is 4.57 Å². The second-order valence-electron chi connectivity index (χ2n) is 14.8. The molecule has 10 rings (SSSR count). The lowest BCUT2D eigenvalue weighted by Crippen LogP contribution is -2.36. The Morgan fingerprint density at radius 3 is 2.31 bits per heavy atom. The number of hydrogen-bond donors (Lipinski definition) is 0. The SMILES string of the molecule is CC1C(N2c3ccccc3C3C=C(c4ccc5c6ccccc6n(C6CCC=C(c7ccccc7)C6)c5c4)C=CC32)=CC=CC1c1ccccc1. The van der Waals surface area contributed by atoms with Crippen molar-refractivity contribution in [2.45, 2.75) is 50.1 Å². The number of aromatic nitrogens is 1. The van der Waals surface area contributed by atoms with Gasteiger partial charge in [0, 0.05) is 57.0 Å². The van der Waals surface area contributed by atoms with Crippen molar-refractivity contribution in [2.75, 3.05) is 4.90 Å². The quantitative estimate of drug-likeness (QED) is 0.179. The molecule has 248 valence electrons. The molecule has 0 amide bonds. The van der Waals surface area contributed by atoms with Crippen LogP contribution in [0.4, 0.5) is 5.69 Å². The first kappa shape index (κ1) is 30.2. The molecular formula is C49H42N2. The Balaban J connectivity index is 1.02. The normalized spacial score (nSPS) is 23.9. The summed E-state index contributed by atoms with van der Waals surface area (Å²) in [7, 11) is 0. The number of para-hydroxylation sites is 2. The minimum atomic E-state index is 0.253. The molecule has 1 aromatic heterocycles. The van der Waals surface area contributed by atoms with Crippen LogP contribution < -0.4 is 4.90 Å². The maximum atomic E-state index is 2.67. The summed E-state index contributed by atoms with van der Waals surface area (Å²) >= 11 is 0. The summed E-state index contributed by atoms with van der Waals surface area (Å²) in [6.45, 7) is 2.40. The Morgan fingerprint density at radius 2 is 1.43 bits per heavy atom. The average molecular weight is 659 g/mol. The summed E-state index contributed by atoms with van der Waals surface area (Å²) in [5.41, 5.74) is 13.7. The summed E-state index contributed by atoms with van der Waals surface area (Å²) in [5.74, 6) is 1.01. The van der Waals surface area contributed by atoms with Gasteiger partial charge in [-0.05, 0) is 76.9 Å². The van der Waals surface area contributed by atoms with Crippen molar-refractivity contribution < 1.29 is 0 Å². The summed E-state index contributed by atoms with van der Waals surface area (Å²) in [6, 6.07) is 47.9. The standard InChI is InChI=1S/C49H42N2/c1-33-40(35-16-6-3-7-17-35)22-13-25-45(33)51-47-24-11-9-21-42(47)44-31-37(27-29-48(44)51)38-26-28-43-41-20-8-10-23-46(41)50(49(43)32-38)39-19-12-18-36(30-39)34-14-4-2-5-15-34/h2-11,13-18,20-29,31-33,39-40,44,48H,12,19,30H2,1H3. The highest BCUT2D eigenvalue weighted by Gasteiger charge is 2.41. The van der Waals surface area contributed by atoms with Crippen molar-refractivity contribution in [3.05, 3.63) is 198 Å². The van der Waals surface area contributed by atoms with E-state index in [1.807, 2.05) is 0 Å². The van der Waals surface area contributed by atoms with Crippen LogP contribution in [0, 0.1) is 5.92 Å². The molecule has 2 heterocycles. The molecule has 2 nitrogen and oxygen atoms in total. The van der Waals surface area contributed by atoms with Crippen LogP contribution in [0.15, 0.2) is 176 Å². The van der Waals surface area contributed by atoms with Crippen LogP contribution in [0.3, 0.4) is 0 Å². The fraction of sp³-hybridized carbons (Fsp3) is 0.184. The molecule has 5 aromatic carbocycles. The number of hydrogen-bond acceptors (Lipinski definition) is 1. The summed E-state index contributed by atoms with van der Waals surface area (Å²) in [5, 5.41) is 2.70. The third-order valence-corrected chi connectivity index (χ3v) is 12.0. The van der Waals surface area contributed by atoms with E-state index < -0.39 is 0 Å². The van der Waals surface area contributed by atoms with E-state index in [0.717, 1.165) is 19.3 Å². The van der Waals surface area contributed by atoms with Crippen molar-refractivity contribution in [1.29, 1.82) is 0 Å². The van der Waals surface area contributed by atoms with Gasteiger partial charge >= 0.3 is 0 Å². The zero-order chi connectivity index (χ0) is 33.9. The van der Waals surface area contributed by atoms with Crippen LogP contribution in [-0.4, -0.2) is 10.6 Å². The lowest BCUT2D eigenvalue weighted by atomic mass is 9.81. The molecule has 2 heteroatoms. The van der Waals surface area contributed by atoms with E-state index in [9.17, 15) is 0 Å². The lowest BCUT2D eigenvalue weighted by Gasteiger charge is -2.38. The van der Waals surface area contributed by atoms with Gasteiger partial charge in [-0.3, -0.25) is 0 Å². The number of anilines is 1. The van der Waals surface area contributed by atoms with Gasteiger partial charge < -0.3 is 9.47 Å². The first-order valence-electron chi connectivity index (χ1n) is 18.7. The van der Waals surface area contributed by atoms with E-state index in [2.05, 4.69) is 186 Å². The molecule has 4 aliphatic rings. The van der Waals surface area contributed by atoms with Gasteiger partial charge in [0.05, 0.1) is 6.04 Å². The molecule has 5 unspecified atom stereocenters. The molecule has 6 aromatic rings. The van der Waals surface area contributed by atoms with E-state index in [1.54, 1.807) is 0 Å². The van der Waals surface area contributed by atoms with E-state index in [4.69, 9.17) is 0 Å². The van der Waals surface area contributed by atoms with Gasteiger partial charge in [-0.1, -0.05) is 153 Å². The molecule has 0 saturated heterocycles. The van der Waals surface area contributed by atoms with E-state index in [-0.39, 0.29) is 12.0 Å². The molecule has 0 radical (unpaired) electrons. The summed E-state index contributed by atoms with van der Waals surface area (Å²) < 4.78 is 2.67. The highest BCUT2D eigenvalue weighted by atomic mass is 15.2. The number of fused-ring (bicyclic) bond motifs is 6. The van der Waals surface area contributed by atoms with Crippen molar-refractivity contribution >= 4 is 38.6 Å². The summed E-state index contributed by atoms with van der Waals surface area (Å²) in [6.07, 6.45) is 20.2. The van der Waals surface area contributed by atoms with E-state index in [0.29, 0.717) is 17.9 Å². The third kappa shape index (κ3) is 5.00. The molecule has 0 bridgehead atoms. The van der Waals surface area contributed by atoms with Gasteiger partial charge in [0.25, 0.3) is 0 Å². The van der Waals surface area contributed by atoms with Gasteiger partial charge in [-0.2, -0.15) is 0 Å². The Hall–Kier alpha value is -5.60. The average Bonchev–Trinajstić information content (AvgIpc) is 3.71. The first-order chi connectivity index (χ1) is 25.2. The van der Waals surface area contributed by atoms with Crippen LogP contribution in [0.2, 0.25) is 0 Å². The van der Waals surface area contributed by atoms with Crippen LogP contribution in [-0.2, 0) is 0 Å². The molecule has 0 fully saturated rings. The van der Waals surface area contributed by atoms with Crippen LogP contribution >= 0.6 is 0 Å². The van der Waals surface area contributed by atoms with Gasteiger partial charge in [0.2, 0.25) is 0 Å². The van der Waals surface area contributed by atoms with Gasteiger partial charge in [-0.15, -0.1) is 0 Å². The number of rotatable bonds is 5. The van der Waals surface area contributed by atoms with Crippen molar-refractivity contribution in [2.24, 2.45) is 5.92 Å². The third-order valence-electron chi connectivity index (χ3n) is 12.0. The minimum Gasteiger partial charge on any atom is -0.337 e. The van der Waals surface area contributed by atoms with E-state index in [1.165, 1.54) is 66.6 Å². The molecule has 5 atom stereocenters. The van der Waals surface area contributed by atoms with Crippen LogP contribution in [0.25, 0.3) is 33.0 Å². The first-order valence-corrected chi connectivity index (χ1v) is 18.7. The van der Waals surface area contributed by atoms with Gasteiger partial charge in [0.15, 0.2) is 0 Å². The van der Waals surface area contributed by atoms with Gasteiger partial charge in [-0.25, -0.2) is 0 Å². The van der Waals surface area contributed by atoms with Crippen LogP contribution in [0.5, 0.6) is 0 Å². The second kappa shape index (κ2) is 12.3. The lowest BCUT2D eigenvalue weighted by molar-refractivity contribution is 0.493. The summed E-state index contributed by atoms with van der Waals surface area (Å²) in [4.78, 5) is 2.63. The molecule has 1 aliphatic heterocycles. The van der Waals surface area contributed by atoms with Crippen molar-refractivity contribution in [3.63, 3.8) is 0 Å². The van der Waals surface area contributed by atoms with Gasteiger partial charge in [0.1, 0.15) is 0 Å². The second-order valence-corrected chi connectivity index (χ2v) is 14.8. The zero-order valence-electron chi connectivity index (χ0n) is 29.1. The molecule has 0 N–H and O–H groups in total. The molecular weight excluding hydrogens is 617 g/mol. The predicted molar refractivity (Wildman–Crippen MR) is 215 cm³/mol. The smallest absolute Gasteiger partial charge is 0.0626 e. The minimum absolute atomic E-state index is 0.253.